The molecule has 0 aromatic heterocycles. The molecule has 1 saturated carbocycles. The topological polar surface area (TPSA) is 43.4 Å². The highest BCUT2D eigenvalue weighted by Gasteiger charge is 2.41. The second-order valence-corrected chi connectivity index (χ2v) is 5.34. The van der Waals surface area contributed by atoms with Crippen LogP contribution in [0.5, 0.6) is 0 Å². The van der Waals surface area contributed by atoms with E-state index in [1.807, 2.05) is 0 Å². The SMILES string of the molecule is CS(=O)(=O)OC[C@@H]1CCCCC1(F)F. The van der Waals surface area contributed by atoms with Gasteiger partial charge in [-0.15, -0.1) is 0 Å². The van der Waals surface area contributed by atoms with E-state index in [-0.39, 0.29) is 6.42 Å². The summed E-state index contributed by atoms with van der Waals surface area (Å²) in [5.41, 5.74) is 0. The van der Waals surface area contributed by atoms with Crippen LogP contribution >= 0.6 is 0 Å². The Morgan fingerprint density at radius 1 is 1.43 bits per heavy atom. The zero-order chi connectivity index (χ0) is 10.8. The van der Waals surface area contributed by atoms with Gasteiger partial charge >= 0.3 is 0 Å². The van der Waals surface area contributed by atoms with Gasteiger partial charge in [-0.3, -0.25) is 4.18 Å². The molecule has 1 fully saturated rings. The van der Waals surface area contributed by atoms with E-state index < -0.39 is 28.6 Å². The van der Waals surface area contributed by atoms with Gasteiger partial charge in [-0.25, -0.2) is 8.78 Å². The smallest absolute Gasteiger partial charge is 0.264 e. The Labute approximate surface area is 82.6 Å². The number of halogens is 2. The zero-order valence-corrected chi connectivity index (χ0v) is 8.82. The molecule has 0 heterocycles. The summed E-state index contributed by atoms with van der Waals surface area (Å²) < 4.78 is 52.0. The second-order valence-electron chi connectivity index (χ2n) is 3.69. The Hall–Kier alpha value is -0.230. The molecule has 0 unspecified atom stereocenters. The Balaban J connectivity index is 2.50. The van der Waals surface area contributed by atoms with Crippen molar-refractivity contribution in [2.24, 2.45) is 5.92 Å². The number of rotatable bonds is 3. The van der Waals surface area contributed by atoms with Crippen molar-refractivity contribution in [1.29, 1.82) is 0 Å². The van der Waals surface area contributed by atoms with Crippen molar-refractivity contribution in [3.63, 3.8) is 0 Å². The van der Waals surface area contributed by atoms with Crippen molar-refractivity contribution in [3.8, 4) is 0 Å². The molecular formula is C8H14F2O3S. The second kappa shape index (κ2) is 4.10. The molecule has 0 aromatic rings. The summed E-state index contributed by atoms with van der Waals surface area (Å²) in [5.74, 6) is -3.73. The summed E-state index contributed by atoms with van der Waals surface area (Å²) in [6.45, 7) is -0.397. The fourth-order valence-electron chi connectivity index (χ4n) is 1.58. The Morgan fingerprint density at radius 2 is 2.07 bits per heavy atom. The van der Waals surface area contributed by atoms with Crippen LogP contribution in [-0.2, 0) is 14.3 Å². The Morgan fingerprint density at radius 3 is 2.57 bits per heavy atom. The zero-order valence-electron chi connectivity index (χ0n) is 8.00. The van der Waals surface area contributed by atoms with Crippen LogP contribution in [0.1, 0.15) is 25.7 Å². The van der Waals surface area contributed by atoms with E-state index in [4.69, 9.17) is 0 Å². The summed E-state index contributed by atoms with van der Waals surface area (Å²) >= 11 is 0. The number of hydrogen-bond donors (Lipinski definition) is 0. The summed E-state index contributed by atoms with van der Waals surface area (Å²) in [7, 11) is -3.61. The summed E-state index contributed by atoms with van der Waals surface area (Å²) in [6.07, 6.45) is 2.26. The lowest BCUT2D eigenvalue weighted by molar-refractivity contribution is -0.0971. The van der Waals surface area contributed by atoms with Gasteiger partial charge in [0, 0.05) is 12.3 Å². The van der Waals surface area contributed by atoms with Gasteiger partial charge in [-0.2, -0.15) is 8.42 Å². The molecule has 0 aliphatic heterocycles. The fourth-order valence-corrected chi connectivity index (χ4v) is 1.99. The molecule has 0 aromatic carbocycles. The molecule has 0 amide bonds. The molecule has 3 nitrogen and oxygen atoms in total. The molecule has 0 spiro atoms. The molecule has 0 bridgehead atoms. The first-order valence-corrected chi connectivity index (χ1v) is 6.35. The van der Waals surface area contributed by atoms with Crippen molar-refractivity contribution >= 4 is 10.1 Å². The van der Waals surface area contributed by atoms with Crippen molar-refractivity contribution in [3.05, 3.63) is 0 Å². The first-order chi connectivity index (χ1) is 6.31. The van der Waals surface area contributed by atoms with Gasteiger partial charge in [0.05, 0.1) is 12.9 Å². The minimum absolute atomic E-state index is 0.162. The average Bonchev–Trinajstić information content (AvgIpc) is 2.00. The highest BCUT2D eigenvalue weighted by atomic mass is 32.2. The van der Waals surface area contributed by atoms with Gasteiger partial charge in [-0.05, 0) is 12.8 Å². The molecule has 1 atom stereocenters. The number of hydrogen-bond acceptors (Lipinski definition) is 3. The molecule has 0 N–H and O–H groups in total. The summed E-state index contributed by atoms with van der Waals surface area (Å²) in [5, 5.41) is 0. The molecule has 6 heteroatoms. The maximum atomic E-state index is 13.2. The third-order valence-electron chi connectivity index (χ3n) is 2.39. The van der Waals surface area contributed by atoms with E-state index >= 15 is 0 Å². The molecule has 0 radical (unpaired) electrons. The molecule has 1 aliphatic rings. The quantitative estimate of drug-likeness (QED) is 0.692. The third-order valence-corrected chi connectivity index (χ3v) is 2.96. The van der Waals surface area contributed by atoms with Gasteiger partial charge in [0.25, 0.3) is 16.0 Å². The normalized spacial score (nSPS) is 27.5. The van der Waals surface area contributed by atoms with Crippen molar-refractivity contribution < 1.29 is 21.4 Å². The summed E-state index contributed by atoms with van der Waals surface area (Å²) in [4.78, 5) is 0. The van der Waals surface area contributed by atoms with E-state index in [9.17, 15) is 17.2 Å². The van der Waals surface area contributed by atoms with Crippen molar-refractivity contribution in [2.75, 3.05) is 12.9 Å². The maximum Gasteiger partial charge on any atom is 0.264 e. The van der Waals surface area contributed by atoms with E-state index in [1.165, 1.54) is 0 Å². The van der Waals surface area contributed by atoms with Crippen LogP contribution in [0.15, 0.2) is 0 Å². The maximum absolute atomic E-state index is 13.2. The van der Waals surface area contributed by atoms with Crippen LogP contribution in [0.25, 0.3) is 0 Å². The summed E-state index contributed by atoms with van der Waals surface area (Å²) in [6, 6.07) is 0. The highest BCUT2D eigenvalue weighted by Crippen LogP contribution is 2.38. The monoisotopic (exact) mass is 228 g/mol. The molecule has 84 valence electrons. The lowest BCUT2D eigenvalue weighted by Crippen LogP contribution is -2.35. The van der Waals surface area contributed by atoms with Crippen molar-refractivity contribution in [1.82, 2.24) is 0 Å². The van der Waals surface area contributed by atoms with Gasteiger partial charge in [0.1, 0.15) is 0 Å². The van der Waals surface area contributed by atoms with E-state index in [0.29, 0.717) is 19.3 Å². The molecule has 14 heavy (non-hydrogen) atoms. The number of alkyl halides is 2. The van der Waals surface area contributed by atoms with Crippen LogP contribution in [0.4, 0.5) is 8.78 Å². The van der Waals surface area contributed by atoms with Crippen molar-refractivity contribution in [2.45, 2.75) is 31.6 Å². The van der Waals surface area contributed by atoms with Crippen LogP contribution < -0.4 is 0 Å². The largest absolute Gasteiger partial charge is 0.270 e. The molecule has 0 saturated heterocycles. The van der Waals surface area contributed by atoms with Crippen LogP contribution in [0.2, 0.25) is 0 Å². The third kappa shape index (κ3) is 3.49. The average molecular weight is 228 g/mol. The fraction of sp³-hybridized carbons (Fsp3) is 1.00. The highest BCUT2D eigenvalue weighted by molar-refractivity contribution is 7.85. The van der Waals surface area contributed by atoms with Gasteiger partial charge in [-0.1, -0.05) is 6.42 Å². The van der Waals surface area contributed by atoms with Crippen LogP contribution in [0, 0.1) is 5.92 Å². The van der Waals surface area contributed by atoms with Gasteiger partial charge in [0.15, 0.2) is 0 Å². The van der Waals surface area contributed by atoms with E-state index in [2.05, 4.69) is 4.18 Å². The molecule has 1 rings (SSSR count). The van der Waals surface area contributed by atoms with Crippen LogP contribution in [-0.4, -0.2) is 27.2 Å². The minimum Gasteiger partial charge on any atom is -0.270 e. The first kappa shape index (κ1) is 11.8. The predicted octanol–water partition coefficient (Wildman–Crippen LogP) is 1.79. The lowest BCUT2D eigenvalue weighted by atomic mass is 9.86. The standard InChI is InChI=1S/C8H14F2O3S/c1-14(11,12)13-6-7-4-2-3-5-8(7,9)10/h7H,2-6H2,1H3/t7-/m0/s1. The van der Waals surface area contributed by atoms with Gasteiger partial charge in [0.2, 0.25) is 0 Å². The van der Waals surface area contributed by atoms with Crippen LogP contribution in [0.3, 0.4) is 0 Å². The minimum atomic E-state index is -3.61. The van der Waals surface area contributed by atoms with E-state index in [0.717, 1.165) is 6.26 Å². The Kier molecular flexibility index (Phi) is 3.47. The first-order valence-electron chi connectivity index (χ1n) is 4.53. The lowest BCUT2D eigenvalue weighted by Gasteiger charge is -2.30. The molecule has 1 aliphatic carbocycles. The van der Waals surface area contributed by atoms with Gasteiger partial charge < -0.3 is 0 Å². The van der Waals surface area contributed by atoms with E-state index in [1.54, 1.807) is 0 Å². The Bertz CT molecular complexity index is 287. The predicted molar refractivity (Wildman–Crippen MR) is 47.7 cm³/mol. The molecular weight excluding hydrogens is 214 g/mol.